The van der Waals surface area contributed by atoms with Crippen molar-refractivity contribution in [2.45, 2.75) is 50.5 Å². The van der Waals surface area contributed by atoms with Crippen LogP contribution < -0.4 is 4.74 Å². The van der Waals surface area contributed by atoms with Gasteiger partial charge in [-0.05, 0) is 59.7 Å². The van der Waals surface area contributed by atoms with Gasteiger partial charge in [-0.3, -0.25) is 9.48 Å². The molecule has 1 aliphatic carbocycles. The maximum atomic E-state index is 11.2. The van der Waals surface area contributed by atoms with E-state index >= 15 is 0 Å². The van der Waals surface area contributed by atoms with Gasteiger partial charge in [0.1, 0.15) is 6.54 Å². The molecule has 1 unspecified atom stereocenters. The third kappa shape index (κ3) is 5.78. The average Bonchev–Trinajstić information content (AvgIpc) is 3.00. The predicted molar refractivity (Wildman–Crippen MR) is 107 cm³/mol. The van der Waals surface area contributed by atoms with Crippen molar-refractivity contribution in [3.8, 4) is 5.88 Å². The second kappa shape index (κ2) is 9.51. The summed E-state index contributed by atoms with van der Waals surface area (Å²) in [5.41, 5.74) is 2.35. The number of hydrogen-bond donors (Lipinski definition) is 1. The Morgan fingerprint density at radius 1 is 1.43 bits per heavy atom. The van der Waals surface area contributed by atoms with Crippen LogP contribution in [0.5, 0.6) is 5.88 Å². The monoisotopic (exact) mass is 473 g/mol. The Morgan fingerprint density at radius 2 is 2.14 bits per heavy atom. The molecule has 0 aliphatic heterocycles. The van der Waals surface area contributed by atoms with E-state index in [-0.39, 0.29) is 11.4 Å². The van der Waals surface area contributed by atoms with Gasteiger partial charge in [-0.25, -0.2) is 13.4 Å². The van der Waals surface area contributed by atoms with Gasteiger partial charge in [0.2, 0.25) is 5.88 Å². The molecule has 0 bridgehead atoms. The molecule has 1 aliphatic rings. The average molecular weight is 474 g/mol. The van der Waals surface area contributed by atoms with E-state index in [1.165, 1.54) is 24.2 Å². The highest BCUT2D eigenvalue weighted by Crippen LogP contribution is 2.30. The minimum absolute atomic E-state index is 0.0119. The number of nitrogens with zero attached hydrogens (tertiary/aromatic N) is 3. The number of pyridine rings is 1. The predicted octanol–water partition coefficient (Wildman–Crippen LogP) is 3.05. The molecule has 8 nitrogen and oxygen atoms in total. The molecule has 10 heteroatoms. The molecule has 0 saturated heterocycles. The van der Waals surface area contributed by atoms with Gasteiger partial charge in [-0.15, -0.1) is 0 Å². The van der Waals surface area contributed by atoms with Gasteiger partial charge >= 0.3 is 5.97 Å². The van der Waals surface area contributed by atoms with Crippen molar-refractivity contribution in [3.05, 3.63) is 34.2 Å². The molecule has 0 aromatic carbocycles. The van der Waals surface area contributed by atoms with Crippen molar-refractivity contribution in [1.29, 1.82) is 0 Å². The van der Waals surface area contributed by atoms with Gasteiger partial charge in [0.05, 0.1) is 22.2 Å². The standard InChI is InChI=1S/C10H14N2O2.C8H10BrNO3S/c1-7-3-2-4-9-8(7)5-11-12(9)6-10(13)14;1-3-13-8-7(9)4-6(5-10-8)14(2,11)12/h5,7H,2-4,6H2,1H3,(H,13,14);4-5H,3H2,1-2H3. The van der Waals surface area contributed by atoms with Crippen LogP contribution in [0.25, 0.3) is 0 Å². The van der Waals surface area contributed by atoms with Crippen molar-refractivity contribution in [2.75, 3.05) is 12.9 Å². The summed E-state index contributed by atoms with van der Waals surface area (Å²) in [4.78, 5) is 14.6. The molecule has 0 radical (unpaired) electrons. The number of carboxylic acid groups (broad SMARTS) is 1. The first-order valence-corrected chi connectivity index (χ1v) is 11.6. The summed E-state index contributed by atoms with van der Waals surface area (Å²) in [6, 6.07) is 1.48. The fraction of sp³-hybridized carbons (Fsp3) is 0.500. The Kier molecular flexibility index (Phi) is 7.59. The highest BCUT2D eigenvalue weighted by molar-refractivity contribution is 9.10. The lowest BCUT2D eigenvalue weighted by Gasteiger charge is -2.18. The van der Waals surface area contributed by atoms with E-state index in [0.717, 1.165) is 24.8 Å². The first-order chi connectivity index (χ1) is 13.1. The zero-order chi connectivity index (χ0) is 20.9. The van der Waals surface area contributed by atoms with Gasteiger partial charge in [0, 0.05) is 18.1 Å². The lowest BCUT2D eigenvalue weighted by molar-refractivity contribution is -0.137. The first-order valence-electron chi connectivity index (χ1n) is 8.88. The number of aromatic nitrogens is 3. The molecular formula is C18H24BrN3O5S. The van der Waals surface area contributed by atoms with Crippen molar-refractivity contribution in [3.63, 3.8) is 0 Å². The second-order valence-electron chi connectivity index (χ2n) is 6.55. The summed E-state index contributed by atoms with van der Waals surface area (Å²) in [5.74, 6) is 0.107. The van der Waals surface area contributed by atoms with Crippen LogP contribution >= 0.6 is 15.9 Å². The normalized spacial score (nSPS) is 15.9. The molecule has 0 saturated carbocycles. The number of aliphatic carboxylic acids is 1. The summed E-state index contributed by atoms with van der Waals surface area (Å²) in [6.07, 6.45) is 7.53. The van der Waals surface area contributed by atoms with Gasteiger partial charge in [-0.2, -0.15) is 5.10 Å². The van der Waals surface area contributed by atoms with E-state index in [1.807, 2.05) is 13.1 Å². The SMILES string of the molecule is CC1CCCc2c1cnn2CC(=O)O.CCOc1ncc(S(C)(=O)=O)cc1Br. The molecule has 2 aromatic heterocycles. The topological polar surface area (TPSA) is 111 Å². The number of ether oxygens (including phenoxy) is 1. The third-order valence-corrected chi connectivity index (χ3v) is 5.99. The maximum Gasteiger partial charge on any atom is 0.325 e. The van der Waals surface area contributed by atoms with E-state index in [4.69, 9.17) is 9.84 Å². The minimum Gasteiger partial charge on any atom is -0.480 e. The number of sulfone groups is 1. The molecule has 28 heavy (non-hydrogen) atoms. The maximum absolute atomic E-state index is 11.2. The van der Waals surface area contributed by atoms with Crippen LogP contribution in [-0.4, -0.2) is 47.1 Å². The number of carboxylic acids is 1. The Morgan fingerprint density at radius 3 is 2.71 bits per heavy atom. The van der Waals surface area contributed by atoms with Crippen molar-refractivity contribution < 1.29 is 23.1 Å². The summed E-state index contributed by atoms with van der Waals surface area (Å²) in [6.45, 7) is 4.48. The van der Waals surface area contributed by atoms with E-state index < -0.39 is 15.8 Å². The summed E-state index contributed by atoms with van der Waals surface area (Å²) in [7, 11) is -3.21. The van der Waals surface area contributed by atoms with Gasteiger partial charge in [0.25, 0.3) is 0 Å². The van der Waals surface area contributed by atoms with Crippen LogP contribution in [0, 0.1) is 0 Å². The van der Waals surface area contributed by atoms with Crippen molar-refractivity contribution >= 4 is 31.7 Å². The molecule has 2 aromatic rings. The fourth-order valence-corrected chi connectivity index (χ4v) is 4.15. The molecular weight excluding hydrogens is 450 g/mol. The van der Waals surface area contributed by atoms with Crippen LogP contribution in [0.3, 0.4) is 0 Å². The van der Waals surface area contributed by atoms with E-state index in [1.54, 1.807) is 4.68 Å². The van der Waals surface area contributed by atoms with Crippen LogP contribution in [0.4, 0.5) is 0 Å². The largest absolute Gasteiger partial charge is 0.480 e. The van der Waals surface area contributed by atoms with Gasteiger partial charge in [0.15, 0.2) is 9.84 Å². The molecule has 0 spiro atoms. The summed E-state index contributed by atoms with van der Waals surface area (Å²) < 4.78 is 29.6. The summed E-state index contributed by atoms with van der Waals surface area (Å²) in [5, 5.41) is 12.8. The molecule has 154 valence electrons. The third-order valence-electron chi connectivity index (χ3n) is 4.34. The highest BCUT2D eigenvalue weighted by Gasteiger charge is 2.21. The van der Waals surface area contributed by atoms with Gasteiger partial charge in [-0.1, -0.05) is 6.92 Å². The summed E-state index contributed by atoms with van der Waals surface area (Å²) >= 11 is 3.19. The Hall–Kier alpha value is -1.94. The Bertz CT molecular complexity index is 943. The lowest BCUT2D eigenvalue weighted by Crippen LogP contribution is -2.16. The van der Waals surface area contributed by atoms with Crippen LogP contribution in [0.2, 0.25) is 0 Å². The fourth-order valence-electron chi connectivity index (χ4n) is 2.96. The molecule has 0 fully saturated rings. The van der Waals surface area contributed by atoms with Crippen molar-refractivity contribution in [2.24, 2.45) is 0 Å². The smallest absolute Gasteiger partial charge is 0.325 e. The van der Waals surface area contributed by atoms with Crippen LogP contribution in [0.1, 0.15) is 43.9 Å². The van der Waals surface area contributed by atoms with Crippen LogP contribution in [-0.2, 0) is 27.6 Å². The van der Waals surface area contributed by atoms with E-state index in [2.05, 4.69) is 32.9 Å². The van der Waals surface area contributed by atoms with E-state index in [9.17, 15) is 13.2 Å². The molecule has 1 atom stereocenters. The van der Waals surface area contributed by atoms with Gasteiger partial charge < -0.3 is 9.84 Å². The molecule has 3 rings (SSSR count). The quantitative estimate of drug-likeness (QED) is 0.709. The Balaban J connectivity index is 0.000000200. The zero-order valence-electron chi connectivity index (χ0n) is 16.1. The second-order valence-corrected chi connectivity index (χ2v) is 9.42. The Labute approximate surface area is 173 Å². The zero-order valence-corrected chi connectivity index (χ0v) is 18.5. The number of rotatable bonds is 5. The van der Waals surface area contributed by atoms with Crippen molar-refractivity contribution in [1.82, 2.24) is 14.8 Å². The number of fused-ring (bicyclic) bond motifs is 1. The molecule has 2 heterocycles. The molecule has 0 amide bonds. The van der Waals surface area contributed by atoms with Crippen LogP contribution in [0.15, 0.2) is 27.8 Å². The van der Waals surface area contributed by atoms with E-state index in [0.29, 0.717) is 22.9 Å². The molecule has 1 N–H and O–H groups in total. The lowest BCUT2D eigenvalue weighted by atomic mass is 9.89. The first kappa shape index (κ1) is 22.4. The number of carbonyl (C=O) groups is 1. The minimum atomic E-state index is -3.21. The highest BCUT2D eigenvalue weighted by atomic mass is 79.9. The number of halogens is 1. The number of hydrogen-bond acceptors (Lipinski definition) is 6.